The molecule has 3 N–H and O–H groups in total. The lowest BCUT2D eigenvalue weighted by molar-refractivity contribution is -0.384. The number of carbonyl (C=O) groups is 2. The normalized spacial score (nSPS) is 11.4. The fourth-order valence-electron chi connectivity index (χ4n) is 2.27. The van der Waals surface area contributed by atoms with Crippen molar-refractivity contribution in [2.24, 2.45) is 0 Å². The Bertz CT molecular complexity index is 897. The highest BCUT2D eigenvalue weighted by Gasteiger charge is 2.23. The molecule has 27 heavy (non-hydrogen) atoms. The smallest absolute Gasteiger partial charge is 0.341 e. The minimum Gasteiger partial charge on any atom is -0.495 e. The minimum atomic E-state index is -1.17. The molecule has 0 bridgehead atoms. The van der Waals surface area contributed by atoms with Gasteiger partial charge in [-0.3, -0.25) is 14.9 Å². The molecule has 0 aliphatic heterocycles. The van der Waals surface area contributed by atoms with E-state index in [-0.39, 0.29) is 16.9 Å². The molecular weight excluding hydrogens is 354 g/mol. The molecule has 0 saturated heterocycles. The average molecular weight is 373 g/mol. The number of anilines is 2. The van der Waals surface area contributed by atoms with Crippen molar-refractivity contribution in [2.75, 3.05) is 18.2 Å². The van der Waals surface area contributed by atoms with E-state index in [1.165, 1.54) is 26.2 Å². The van der Waals surface area contributed by atoms with Crippen LogP contribution in [0.1, 0.15) is 22.8 Å². The van der Waals surface area contributed by atoms with E-state index in [0.717, 1.165) is 11.6 Å². The maximum Gasteiger partial charge on any atom is 0.341 e. The third kappa shape index (κ3) is 4.72. The number of amides is 1. The Morgan fingerprint density at radius 3 is 2.56 bits per heavy atom. The molecular formula is C18H19N3O6. The molecule has 0 spiro atoms. The van der Waals surface area contributed by atoms with Gasteiger partial charge in [-0.05, 0) is 37.6 Å². The summed E-state index contributed by atoms with van der Waals surface area (Å²) in [6, 6.07) is 8.65. The lowest BCUT2D eigenvalue weighted by Crippen LogP contribution is -2.30. The van der Waals surface area contributed by atoms with Crippen molar-refractivity contribution in [1.29, 1.82) is 0 Å². The van der Waals surface area contributed by atoms with Crippen LogP contribution < -0.4 is 15.8 Å². The fraction of sp³-hybridized carbons (Fsp3) is 0.222. The number of hydrogen-bond acceptors (Lipinski definition) is 7. The lowest BCUT2D eigenvalue weighted by Gasteiger charge is -2.16. The number of nitrogen functional groups attached to an aromatic ring is 1. The summed E-state index contributed by atoms with van der Waals surface area (Å²) in [7, 11) is 1.47. The Morgan fingerprint density at radius 1 is 1.22 bits per heavy atom. The number of nitro groups is 1. The second kappa shape index (κ2) is 8.17. The van der Waals surface area contributed by atoms with Crippen LogP contribution in [0.15, 0.2) is 36.4 Å². The van der Waals surface area contributed by atoms with E-state index in [2.05, 4.69) is 5.32 Å². The predicted molar refractivity (Wildman–Crippen MR) is 98.7 cm³/mol. The number of aryl methyl sites for hydroxylation is 1. The molecule has 1 amide bonds. The summed E-state index contributed by atoms with van der Waals surface area (Å²) < 4.78 is 10.3. The van der Waals surface area contributed by atoms with Gasteiger partial charge in [0.05, 0.1) is 23.3 Å². The van der Waals surface area contributed by atoms with E-state index in [0.29, 0.717) is 11.4 Å². The van der Waals surface area contributed by atoms with Gasteiger partial charge >= 0.3 is 5.97 Å². The van der Waals surface area contributed by atoms with Gasteiger partial charge in [0.25, 0.3) is 11.6 Å². The Morgan fingerprint density at radius 2 is 1.93 bits per heavy atom. The van der Waals surface area contributed by atoms with Gasteiger partial charge in [0.1, 0.15) is 5.75 Å². The highest BCUT2D eigenvalue weighted by atomic mass is 16.6. The summed E-state index contributed by atoms with van der Waals surface area (Å²) in [6.45, 7) is 3.23. The zero-order valence-electron chi connectivity index (χ0n) is 15.0. The largest absolute Gasteiger partial charge is 0.495 e. The van der Waals surface area contributed by atoms with E-state index < -0.39 is 22.9 Å². The van der Waals surface area contributed by atoms with Gasteiger partial charge in [0.15, 0.2) is 6.10 Å². The quantitative estimate of drug-likeness (QED) is 0.344. The van der Waals surface area contributed by atoms with Gasteiger partial charge < -0.3 is 20.5 Å². The van der Waals surface area contributed by atoms with E-state index >= 15 is 0 Å². The molecule has 2 rings (SSSR count). The minimum absolute atomic E-state index is 0.0126. The van der Waals surface area contributed by atoms with Crippen molar-refractivity contribution in [3.05, 3.63) is 57.6 Å². The molecule has 0 fully saturated rings. The van der Waals surface area contributed by atoms with Crippen molar-refractivity contribution < 1.29 is 24.0 Å². The van der Waals surface area contributed by atoms with Crippen LogP contribution in [0.4, 0.5) is 17.1 Å². The van der Waals surface area contributed by atoms with Crippen LogP contribution in [0.3, 0.4) is 0 Å². The number of nitrogens with one attached hydrogen (secondary N) is 1. The number of nitro benzene ring substituents is 1. The van der Waals surface area contributed by atoms with Crippen molar-refractivity contribution in [3.8, 4) is 5.75 Å². The third-order valence-corrected chi connectivity index (χ3v) is 3.73. The van der Waals surface area contributed by atoms with Crippen molar-refractivity contribution in [3.63, 3.8) is 0 Å². The van der Waals surface area contributed by atoms with Crippen LogP contribution in [-0.4, -0.2) is 30.0 Å². The topological polar surface area (TPSA) is 134 Å². The van der Waals surface area contributed by atoms with Crippen LogP contribution in [0.5, 0.6) is 5.75 Å². The molecule has 0 aliphatic carbocycles. The highest BCUT2D eigenvalue weighted by molar-refractivity contribution is 6.00. The second-order valence-electron chi connectivity index (χ2n) is 5.77. The SMILES string of the molecule is COc1ccc(C)cc1NC(=O)C(C)OC(=O)c1cc([N+](=O)[O-])ccc1N. The zero-order chi connectivity index (χ0) is 20.1. The summed E-state index contributed by atoms with van der Waals surface area (Å²) in [6.07, 6.45) is -1.17. The van der Waals surface area contributed by atoms with Gasteiger partial charge in [-0.2, -0.15) is 0 Å². The molecule has 1 atom stereocenters. The van der Waals surface area contributed by atoms with Crippen LogP contribution in [-0.2, 0) is 9.53 Å². The van der Waals surface area contributed by atoms with Gasteiger partial charge in [0.2, 0.25) is 0 Å². The summed E-state index contributed by atoms with van der Waals surface area (Å²) in [5.74, 6) is -1.07. The number of non-ortho nitro benzene ring substituents is 1. The highest BCUT2D eigenvalue weighted by Crippen LogP contribution is 2.26. The lowest BCUT2D eigenvalue weighted by atomic mass is 10.1. The average Bonchev–Trinajstić information content (AvgIpc) is 2.61. The zero-order valence-corrected chi connectivity index (χ0v) is 15.0. The van der Waals surface area contributed by atoms with E-state index in [9.17, 15) is 19.7 Å². The second-order valence-corrected chi connectivity index (χ2v) is 5.77. The molecule has 142 valence electrons. The molecule has 9 heteroatoms. The number of rotatable bonds is 6. The monoisotopic (exact) mass is 373 g/mol. The first-order valence-corrected chi connectivity index (χ1v) is 7.93. The Hall–Kier alpha value is -3.62. The Balaban J connectivity index is 2.13. The Kier molecular flexibility index (Phi) is 5.96. The number of benzene rings is 2. The molecule has 2 aromatic carbocycles. The first kappa shape index (κ1) is 19.7. The summed E-state index contributed by atoms with van der Waals surface area (Å²) in [4.78, 5) is 34.8. The first-order valence-electron chi connectivity index (χ1n) is 7.93. The molecule has 2 aromatic rings. The van der Waals surface area contributed by atoms with Crippen LogP contribution >= 0.6 is 0 Å². The predicted octanol–water partition coefficient (Wildman–Crippen LogP) is 2.68. The fourth-order valence-corrected chi connectivity index (χ4v) is 2.27. The molecule has 9 nitrogen and oxygen atoms in total. The van der Waals surface area contributed by atoms with E-state index in [1.54, 1.807) is 12.1 Å². The van der Waals surface area contributed by atoms with Gasteiger partial charge in [0, 0.05) is 17.8 Å². The maximum absolute atomic E-state index is 12.3. The number of methoxy groups -OCH3 is 1. The first-order chi connectivity index (χ1) is 12.7. The summed E-state index contributed by atoms with van der Waals surface area (Å²) >= 11 is 0. The van der Waals surface area contributed by atoms with Crippen molar-refractivity contribution in [2.45, 2.75) is 20.0 Å². The number of esters is 1. The standard InChI is InChI=1S/C18H19N3O6/c1-10-4-7-16(26-3)15(8-10)20-17(22)11(2)27-18(23)13-9-12(21(24)25)5-6-14(13)19/h4-9,11H,19H2,1-3H3,(H,20,22). The molecule has 0 aromatic heterocycles. The third-order valence-electron chi connectivity index (χ3n) is 3.73. The molecule has 0 saturated carbocycles. The number of hydrogen-bond donors (Lipinski definition) is 2. The molecule has 1 unspecified atom stereocenters. The number of ether oxygens (including phenoxy) is 2. The van der Waals surface area contributed by atoms with Crippen molar-refractivity contribution in [1.82, 2.24) is 0 Å². The number of nitrogens with two attached hydrogens (primary N) is 1. The summed E-state index contributed by atoms with van der Waals surface area (Å²) in [5.41, 5.74) is 6.54. The molecule has 0 aliphatic rings. The Labute approximate surface area is 155 Å². The van der Waals surface area contributed by atoms with Crippen LogP contribution in [0, 0.1) is 17.0 Å². The van der Waals surface area contributed by atoms with E-state index in [4.69, 9.17) is 15.2 Å². The molecule has 0 heterocycles. The number of nitrogens with zero attached hydrogens (tertiary/aromatic N) is 1. The number of carbonyl (C=O) groups excluding carboxylic acids is 2. The van der Waals surface area contributed by atoms with Crippen LogP contribution in [0.25, 0.3) is 0 Å². The van der Waals surface area contributed by atoms with Crippen molar-refractivity contribution >= 4 is 28.9 Å². The van der Waals surface area contributed by atoms with Gasteiger partial charge in [-0.1, -0.05) is 6.07 Å². The van der Waals surface area contributed by atoms with Gasteiger partial charge in [-0.15, -0.1) is 0 Å². The van der Waals surface area contributed by atoms with Crippen LogP contribution in [0.2, 0.25) is 0 Å². The van der Waals surface area contributed by atoms with Gasteiger partial charge in [-0.25, -0.2) is 4.79 Å². The van der Waals surface area contributed by atoms with E-state index in [1.807, 2.05) is 13.0 Å². The maximum atomic E-state index is 12.3. The summed E-state index contributed by atoms with van der Waals surface area (Å²) in [5, 5.41) is 13.5. The molecule has 0 radical (unpaired) electrons.